The highest BCUT2D eigenvalue weighted by Gasteiger charge is 2.08. The van der Waals surface area contributed by atoms with Crippen LogP contribution in [-0.2, 0) is 4.79 Å². The number of aromatic nitrogens is 1. The zero-order valence-corrected chi connectivity index (χ0v) is 11.9. The van der Waals surface area contributed by atoms with Crippen LogP contribution in [-0.4, -0.2) is 30.6 Å². The predicted octanol–water partition coefficient (Wildman–Crippen LogP) is 2.18. The van der Waals surface area contributed by atoms with Gasteiger partial charge in [0.15, 0.2) is 0 Å². The molecule has 0 unspecified atom stereocenters. The number of nitrogens with zero attached hydrogens (tertiary/aromatic N) is 1. The minimum Gasteiger partial charge on any atom is -0.496 e. The van der Waals surface area contributed by atoms with Gasteiger partial charge in [0.2, 0.25) is 5.91 Å². The lowest BCUT2D eigenvalue weighted by Gasteiger charge is -2.12. The second kappa shape index (κ2) is 6.23. The normalized spacial score (nSPS) is 10.6. The molecule has 0 radical (unpaired) electrons. The standard InChI is InChI=1S/C15H19N3O2/c1-10(2)18-14(19)9-17-15-12-5-4-6-13(20-3)11(12)7-8-16-15/h4-8,10H,9H2,1-3H3,(H,16,17)(H,18,19). The lowest BCUT2D eigenvalue weighted by Crippen LogP contribution is -2.34. The van der Waals surface area contributed by atoms with Crippen LogP contribution in [0.2, 0.25) is 0 Å². The van der Waals surface area contributed by atoms with Gasteiger partial charge in [-0.15, -0.1) is 0 Å². The molecule has 0 spiro atoms. The SMILES string of the molecule is COc1cccc2c(NCC(=O)NC(C)C)nccc12. The van der Waals surface area contributed by atoms with E-state index in [0.717, 1.165) is 16.5 Å². The Balaban J connectivity index is 2.20. The average molecular weight is 273 g/mol. The largest absolute Gasteiger partial charge is 0.496 e. The first kappa shape index (κ1) is 14.1. The van der Waals surface area contributed by atoms with E-state index in [1.54, 1.807) is 13.3 Å². The molecule has 1 aromatic carbocycles. The summed E-state index contributed by atoms with van der Waals surface area (Å²) in [5, 5.41) is 7.80. The number of carbonyl (C=O) groups is 1. The van der Waals surface area contributed by atoms with Gasteiger partial charge in [-0.25, -0.2) is 4.98 Å². The van der Waals surface area contributed by atoms with Crippen molar-refractivity contribution in [1.29, 1.82) is 0 Å². The highest BCUT2D eigenvalue weighted by Crippen LogP contribution is 2.28. The van der Waals surface area contributed by atoms with Gasteiger partial charge in [0, 0.05) is 23.0 Å². The highest BCUT2D eigenvalue weighted by atomic mass is 16.5. The molecule has 106 valence electrons. The quantitative estimate of drug-likeness (QED) is 0.876. The van der Waals surface area contributed by atoms with Crippen LogP contribution in [0.1, 0.15) is 13.8 Å². The zero-order valence-electron chi connectivity index (χ0n) is 11.9. The summed E-state index contributed by atoms with van der Waals surface area (Å²) in [5.41, 5.74) is 0. The molecule has 2 aromatic rings. The number of fused-ring (bicyclic) bond motifs is 1. The van der Waals surface area contributed by atoms with E-state index in [1.165, 1.54) is 0 Å². The summed E-state index contributed by atoms with van der Waals surface area (Å²) in [6.45, 7) is 4.05. The molecule has 0 aliphatic rings. The van der Waals surface area contributed by atoms with Gasteiger partial charge in [-0.2, -0.15) is 0 Å². The fourth-order valence-electron chi connectivity index (χ4n) is 2.03. The molecule has 0 saturated carbocycles. The number of amides is 1. The summed E-state index contributed by atoms with van der Waals surface area (Å²) in [6, 6.07) is 7.78. The van der Waals surface area contributed by atoms with Gasteiger partial charge in [-0.05, 0) is 26.0 Å². The number of carbonyl (C=O) groups excluding carboxylic acids is 1. The number of hydrogen-bond acceptors (Lipinski definition) is 4. The first-order valence-corrected chi connectivity index (χ1v) is 6.56. The lowest BCUT2D eigenvalue weighted by molar-refractivity contribution is -0.119. The number of ether oxygens (including phenoxy) is 1. The molecule has 1 amide bonds. The van der Waals surface area contributed by atoms with Crippen molar-refractivity contribution in [3.63, 3.8) is 0 Å². The molecule has 1 aromatic heterocycles. The molecule has 0 atom stereocenters. The molecule has 0 fully saturated rings. The Morgan fingerprint density at radius 2 is 2.10 bits per heavy atom. The minimum atomic E-state index is -0.0540. The van der Waals surface area contributed by atoms with Gasteiger partial charge in [0.25, 0.3) is 0 Å². The summed E-state index contributed by atoms with van der Waals surface area (Å²) in [6.07, 6.45) is 1.70. The Kier molecular flexibility index (Phi) is 4.40. The maximum Gasteiger partial charge on any atom is 0.239 e. The van der Waals surface area contributed by atoms with Gasteiger partial charge in [-0.3, -0.25) is 4.79 Å². The Morgan fingerprint density at radius 1 is 1.30 bits per heavy atom. The fourth-order valence-corrected chi connectivity index (χ4v) is 2.03. The van der Waals surface area contributed by atoms with Gasteiger partial charge in [-0.1, -0.05) is 12.1 Å². The Morgan fingerprint density at radius 3 is 2.80 bits per heavy atom. The molecule has 2 N–H and O–H groups in total. The molecule has 20 heavy (non-hydrogen) atoms. The predicted molar refractivity (Wildman–Crippen MR) is 80.1 cm³/mol. The monoisotopic (exact) mass is 273 g/mol. The number of hydrogen-bond donors (Lipinski definition) is 2. The van der Waals surface area contributed by atoms with E-state index in [-0.39, 0.29) is 18.5 Å². The highest BCUT2D eigenvalue weighted by molar-refractivity contribution is 5.96. The topological polar surface area (TPSA) is 63.2 Å². The van der Waals surface area contributed by atoms with Crippen LogP contribution in [0.3, 0.4) is 0 Å². The van der Waals surface area contributed by atoms with Crippen molar-refractivity contribution in [1.82, 2.24) is 10.3 Å². The molecular weight excluding hydrogens is 254 g/mol. The number of methoxy groups -OCH3 is 1. The number of rotatable bonds is 5. The van der Waals surface area contributed by atoms with Crippen molar-refractivity contribution in [2.75, 3.05) is 19.0 Å². The van der Waals surface area contributed by atoms with Crippen LogP contribution >= 0.6 is 0 Å². The maximum absolute atomic E-state index is 11.7. The van der Waals surface area contributed by atoms with E-state index in [1.807, 2.05) is 38.1 Å². The van der Waals surface area contributed by atoms with Crippen molar-refractivity contribution in [2.45, 2.75) is 19.9 Å². The first-order chi connectivity index (χ1) is 9.61. The second-order valence-electron chi connectivity index (χ2n) is 4.79. The van der Waals surface area contributed by atoms with Crippen molar-refractivity contribution in [3.8, 4) is 5.75 Å². The second-order valence-corrected chi connectivity index (χ2v) is 4.79. The molecule has 0 aliphatic heterocycles. The van der Waals surface area contributed by atoms with E-state index in [0.29, 0.717) is 5.82 Å². The van der Waals surface area contributed by atoms with E-state index in [4.69, 9.17) is 4.74 Å². The van der Waals surface area contributed by atoms with Crippen LogP contribution < -0.4 is 15.4 Å². The number of anilines is 1. The zero-order chi connectivity index (χ0) is 14.5. The molecular formula is C15H19N3O2. The minimum absolute atomic E-state index is 0.0540. The van der Waals surface area contributed by atoms with Crippen LogP contribution in [0.4, 0.5) is 5.82 Å². The van der Waals surface area contributed by atoms with E-state index in [2.05, 4.69) is 15.6 Å². The summed E-state index contributed by atoms with van der Waals surface area (Å²) in [5.74, 6) is 1.42. The van der Waals surface area contributed by atoms with E-state index in [9.17, 15) is 4.79 Å². The van der Waals surface area contributed by atoms with Crippen molar-refractivity contribution in [2.24, 2.45) is 0 Å². The summed E-state index contributed by atoms with van der Waals surface area (Å²) in [7, 11) is 1.64. The van der Waals surface area contributed by atoms with E-state index < -0.39 is 0 Å². The Bertz CT molecular complexity index is 611. The van der Waals surface area contributed by atoms with Crippen molar-refractivity contribution in [3.05, 3.63) is 30.5 Å². The van der Waals surface area contributed by atoms with Crippen LogP contribution in [0, 0.1) is 0 Å². The van der Waals surface area contributed by atoms with E-state index >= 15 is 0 Å². The third kappa shape index (κ3) is 3.17. The maximum atomic E-state index is 11.7. The average Bonchev–Trinajstić information content (AvgIpc) is 2.43. The Labute approximate surface area is 118 Å². The van der Waals surface area contributed by atoms with Crippen molar-refractivity contribution >= 4 is 22.5 Å². The van der Waals surface area contributed by atoms with Crippen molar-refractivity contribution < 1.29 is 9.53 Å². The molecule has 5 nitrogen and oxygen atoms in total. The fraction of sp³-hybridized carbons (Fsp3) is 0.333. The number of pyridine rings is 1. The first-order valence-electron chi connectivity index (χ1n) is 6.56. The van der Waals surface area contributed by atoms with Crippen LogP contribution in [0.5, 0.6) is 5.75 Å². The Hall–Kier alpha value is -2.30. The smallest absolute Gasteiger partial charge is 0.239 e. The van der Waals surface area contributed by atoms with Gasteiger partial charge in [0.1, 0.15) is 11.6 Å². The van der Waals surface area contributed by atoms with Crippen LogP contribution in [0.25, 0.3) is 10.8 Å². The number of nitrogens with one attached hydrogen (secondary N) is 2. The van der Waals surface area contributed by atoms with Crippen LogP contribution in [0.15, 0.2) is 30.5 Å². The third-order valence-corrected chi connectivity index (χ3v) is 2.85. The van der Waals surface area contributed by atoms with Gasteiger partial charge >= 0.3 is 0 Å². The molecule has 0 saturated heterocycles. The lowest BCUT2D eigenvalue weighted by atomic mass is 10.1. The summed E-state index contributed by atoms with van der Waals surface area (Å²) < 4.78 is 5.33. The molecule has 0 aliphatic carbocycles. The molecule has 5 heteroatoms. The summed E-state index contributed by atoms with van der Waals surface area (Å²) >= 11 is 0. The summed E-state index contributed by atoms with van der Waals surface area (Å²) in [4.78, 5) is 15.9. The molecule has 2 rings (SSSR count). The van der Waals surface area contributed by atoms with Gasteiger partial charge < -0.3 is 15.4 Å². The number of benzene rings is 1. The molecule has 0 bridgehead atoms. The van der Waals surface area contributed by atoms with Gasteiger partial charge in [0.05, 0.1) is 13.7 Å². The molecule has 1 heterocycles. The third-order valence-electron chi connectivity index (χ3n) is 2.85.